The average Bonchev–Trinajstić information content (AvgIpc) is 2.74. The lowest BCUT2D eigenvalue weighted by Crippen LogP contribution is -2.32. The van der Waals surface area contributed by atoms with Gasteiger partial charge in [0, 0.05) is 0 Å². The molecule has 0 amide bonds. The first kappa shape index (κ1) is 24.0. The topological polar surface area (TPSA) is 161 Å². The Labute approximate surface area is 186 Å². The highest BCUT2D eigenvalue weighted by atomic mass is 32.3. The van der Waals surface area contributed by atoms with Crippen LogP contribution in [0.15, 0.2) is 105 Å². The van der Waals surface area contributed by atoms with Gasteiger partial charge in [-0.05, 0) is 42.5 Å². The summed E-state index contributed by atoms with van der Waals surface area (Å²) in [6.45, 7) is 0. The van der Waals surface area contributed by atoms with Gasteiger partial charge in [0.2, 0.25) is 0 Å². The fraction of sp³-hybridized carbons (Fsp3) is 0. The third kappa shape index (κ3) is 5.40. The van der Waals surface area contributed by atoms with Crippen LogP contribution in [0.25, 0.3) is 0 Å². The van der Waals surface area contributed by atoms with Crippen LogP contribution in [0.4, 0.5) is 0 Å². The summed E-state index contributed by atoms with van der Waals surface area (Å²) >= 11 is 0. The Morgan fingerprint density at radius 3 is 1.00 bits per heavy atom. The van der Waals surface area contributed by atoms with Crippen LogP contribution >= 0.6 is 0 Å². The molecular formula is C18H16N2O8S4. The molecule has 3 aromatic carbocycles. The van der Waals surface area contributed by atoms with Gasteiger partial charge in [-0.3, -0.25) is 0 Å². The molecule has 0 spiro atoms. The lowest BCUT2D eigenvalue weighted by molar-refractivity contribution is 0.575. The highest BCUT2D eigenvalue weighted by Crippen LogP contribution is 2.19. The molecule has 0 saturated heterocycles. The van der Waals surface area contributed by atoms with Crippen LogP contribution in [-0.2, 0) is 40.1 Å². The van der Waals surface area contributed by atoms with Gasteiger partial charge in [0.05, 0.1) is 19.6 Å². The lowest BCUT2D eigenvalue weighted by Gasteiger charge is -2.11. The molecule has 0 radical (unpaired) electrons. The first-order valence-electron chi connectivity index (χ1n) is 8.61. The summed E-state index contributed by atoms with van der Waals surface area (Å²) in [5.74, 6) is 0. The van der Waals surface area contributed by atoms with E-state index in [9.17, 15) is 33.7 Å². The van der Waals surface area contributed by atoms with Gasteiger partial charge in [0.15, 0.2) is 0 Å². The van der Waals surface area contributed by atoms with E-state index < -0.39 is 49.9 Å². The molecule has 3 aromatic rings. The number of sulfonamides is 4. The molecule has 0 fully saturated rings. The summed E-state index contributed by atoms with van der Waals surface area (Å²) in [6, 6.07) is 17.0. The van der Waals surface area contributed by atoms with E-state index in [4.69, 9.17) is 0 Å². The zero-order chi connectivity index (χ0) is 23.6. The smallest absolute Gasteiger partial charge is 0.206 e. The SMILES string of the molecule is O=S(=O)(NS(=O)(=O)c1cccc(S(=O)(=O)NS(=O)(=O)c2ccccc2)c1)c1ccccc1. The zero-order valence-electron chi connectivity index (χ0n) is 16.0. The van der Waals surface area contributed by atoms with Gasteiger partial charge >= 0.3 is 0 Å². The number of hydrogen-bond acceptors (Lipinski definition) is 8. The maximum Gasteiger partial charge on any atom is 0.253 e. The van der Waals surface area contributed by atoms with E-state index in [1.807, 2.05) is 0 Å². The van der Waals surface area contributed by atoms with Gasteiger partial charge in [0.1, 0.15) is 0 Å². The summed E-state index contributed by atoms with van der Waals surface area (Å²) in [7, 11) is -18.4. The monoisotopic (exact) mass is 516 g/mol. The van der Waals surface area contributed by atoms with Crippen molar-refractivity contribution in [3.8, 4) is 0 Å². The summed E-state index contributed by atoms with van der Waals surface area (Å²) < 4.78 is 103. The van der Waals surface area contributed by atoms with Crippen molar-refractivity contribution in [1.29, 1.82) is 0 Å². The minimum atomic E-state index is -4.72. The summed E-state index contributed by atoms with van der Waals surface area (Å²) in [5, 5.41) is 0. The van der Waals surface area contributed by atoms with Crippen LogP contribution in [0.5, 0.6) is 0 Å². The minimum absolute atomic E-state index is 0.317. The van der Waals surface area contributed by atoms with Crippen molar-refractivity contribution in [3.63, 3.8) is 0 Å². The fourth-order valence-corrected chi connectivity index (χ4v) is 8.52. The number of benzene rings is 3. The van der Waals surface area contributed by atoms with Crippen molar-refractivity contribution in [2.75, 3.05) is 0 Å². The molecule has 14 heteroatoms. The largest absolute Gasteiger partial charge is 0.253 e. The molecule has 32 heavy (non-hydrogen) atoms. The Bertz CT molecular complexity index is 1440. The molecule has 0 saturated carbocycles. The Kier molecular flexibility index (Phi) is 6.55. The van der Waals surface area contributed by atoms with Gasteiger partial charge < -0.3 is 0 Å². The van der Waals surface area contributed by atoms with Gasteiger partial charge in [0.25, 0.3) is 40.1 Å². The van der Waals surface area contributed by atoms with E-state index in [1.165, 1.54) is 56.8 Å². The zero-order valence-corrected chi connectivity index (χ0v) is 19.2. The molecule has 170 valence electrons. The second kappa shape index (κ2) is 8.73. The first-order valence-corrected chi connectivity index (χ1v) is 14.5. The Morgan fingerprint density at radius 1 is 0.375 bits per heavy atom. The molecule has 0 heterocycles. The standard InChI is InChI=1S/C18H16N2O8S4/c21-29(22,15-8-3-1-4-9-15)19-31(25,26)17-12-7-13-18(14-17)32(27,28)20-30(23,24)16-10-5-2-6-11-16/h1-14,19-20H. The highest BCUT2D eigenvalue weighted by Gasteiger charge is 2.28. The molecule has 0 bridgehead atoms. The molecule has 0 aliphatic carbocycles. The van der Waals surface area contributed by atoms with E-state index in [-0.39, 0.29) is 9.79 Å². The van der Waals surface area contributed by atoms with Gasteiger partial charge in [-0.2, -0.15) is 0 Å². The quantitative estimate of drug-likeness (QED) is 0.449. The first-order chi connectivity index (χ1) is 14.8. The number of hydrogen-bond donors (Lipinski definition) is 2. The van der Waals surface area contributed by atoms with Gasteiger partial charge in [-0.1, -0.05) is 42.5 Å². The Balaban J connectivity index is 1.94. The minimum Gasteiger partial charge on any atom is -0.206 e. The van der Waals surface area contributed by atoms with E-state index in [2.05, 4.69) is 0 Å². The van der Waals surface area contributed by atoms with Crippen LogP contribution in [0.3, 0.4) is 0 Å². The summed E-state index contributed by atoms with van der Waals surface area (Å²) in [5.41, 5.74) is 0. The normalized spacial score (nSPS) is 13.0. The summed E-state index contributed by atoms with van der Waals surface area (Å²) in [6.07, 6.45) is 0. The maximum atomic E-state index is 12.6. The maximum absolute atomic E-state index is 12.6. The van der Waals surface area contributed by atoms with Crippen LogP contribution in [0.1, 0.15) is 0 Å². The van der Waals surface area contributed by atoms with Crippen molar-refractivity contribution in [2.45, 2.75) is 19.6 Å². The average molecular weight is 517 g/mol. The molecular weight excluding hydrogens is 500 g/mol. The lowest BCUT2D eigenvalue weighted by atomic mass is 10.4. The van der Waals surface area contributed by atoms with Gasteiger partial charge in [-0.15, -0.1) is 8.25 Å². The molecule has 0 aliphatic rings. The van der Waals surface area contributed by atoms with Crippen LogP contribution in [-0.4, -0.2) is 33.7 Å². The third-order valence-corrected chi connectivity index (χ3v) is 11.0. The van der Waals surface area contributed by atoms with Crippen LogP contribution in [0.2, 0.25) is 0 Å². The second-order valence-corrected chi connectivity index (χ2v) is 13.5. The number of rotatable bonds is 8. The Hall–Kier alpha value is -2.62. The molecule has 2 N–H and O–H groups in total. The van der Waals surface area contributed by atoms with E-state index in [1.54, 1.807) is 12.1 Å². The van der Waals surface area contributed by atoms with Crippen molar-refractivity contribution in [3.05, 3.63) is 84.9 Å². The van der Waals surface area contributed by atoms with Gasteiger partial charge in [-0.25, -0.2) is 33.7 Å². The van der Waals surface area contributed by atoms with Crippen molar-refractivity contribution >= 4 is 40.1 Å². The van der Waals surface area contributed by atoms with Crippen LogP contribution in [0, 0.1) is 0 Å². The Morgan fingerprint density at radius 2 is 0.656 bits per heavy atom. The molecule has 3 rings (SSSR count). The predicted molar refractivity (Wildman–Crippen MR) is 114 cm³/mol. The predicted octanol–water partition coefficient (Wildman–Crippen LogP) is 1.02. The molecule has 0 unspecified atom stereocenters. The van der Waals surface area contributed by atoms with Crippen LogP contribution < -0.4 is 8.25 Å². The van der Waals surface area contributed by atoms with E-state index in [0.29, 0.717) is 6.07 Å². The highest BCUT2D eigenvalue weighted by molar-refractivity contribution is 8.05. The number of nitrogens with one attached hydrogen (secondary N) is 2. The molecule has 10 nitrogen and oxygen atoms in total. The van der Waals surface area contributed by atoms with Crippen molar-refractivity contribution in [2.24, 2.45) is 0 Å². The molecule has 0 aromatic heterocycles. The second-order valence-electron chi connectivity index (χ2n) is 6.28. The molecule has 0 atom stereocenters. The van der Waals surface area contributed by atoms with Crippen molar-refractivity contribution in [1.82, 2.24) is 8.25 Å². The third-order valence-electron chi connectivity index (χ3n) is 3.97. The fourth-order valence-electron chi connectivity index (χ4n) is 2.49. The molecule has 0 aliphatic heterocycles. The summed E-state index contributed by atoms with van der Waals surface area (Å²) in [4.78, 5) is -2.03. The van der Waals surface area contributed by atoms with E-state index in [0.717, 1.165) is 18.2 Å². The van der Waals surface area contributed by atoms with E-state index >= 15 is 0 Å². The van der Waals surface area contributed by atoms with Crippen molar-refractivity contribution < 1.29 is 33.7 Å².